The minimum absolute atomic E-state index is 0.133. The lowest BCUT2D eigenvalue weighted by molar-refractivity contribution is -0.137. The molecular formula is C28H34ClN5O3. The first kappa shape index (κ1) is 28.1. The summed E-state index contributed by atoms with van der Waals surface area (Å²) in [5.74, 6) is -0.974. The second-order valence-electron chi connectivity index (χ2n) is 8.97. The van der Waals surface area contributed by atoms with Crippen molar-refractivity contribution in [2.75, 3.05) is 31.6 Å². The molecule has 37 heavy (non-hydrogen) atoms. The molecule has 2 aromatic carbocycles. The highest BCUT2D eigenvalue weighted by Gasteiger charge is 2.23. The standard InChI is InChI=1S/C28H34ClN5O3/c1-33(17-15-21-8-4-2-5-9-21)28-31-18-24(25(32-28)10-6-3-7-16-30)27(37)34(20-26(35)36)19-22-11-13-23(29)14-12-22/h2,4-5,8-9,11-14,18H,3,6-7,10,15-17,19-20,30H2,1H3,(H,35,36). The molecule has 3 rings (SSSR count). The van der Waals surface area contributed by atoms with Gasteiger partial charge in [-0.05, 0) is 55.5 Å². The number of hydrogen-bond donors (Lipinski definition) is 2. The van der Waals surface area contributed by atoms with Crippen LogP contribution in [0, 0.1) is 0 Å². The van der Waals surface area contributed by atoms with Crippen molar-refractivity contribution in [3.05, 3.63) is 88.2 Å². The number of aromatic nitrogens is 2. The number of nitrogens with zero attached hydrogens (tertiary/aromatic N) is 4. The summed E-state index contributed by atoms with van der Waals surface area (Å²) in [6, 6.07) is 17.2. The first-order valence-electron chi connectivity index (χ1n) is 12.4. The molecular weight excluding hydrogens is 490 g/mol. The fraction of sp³-hybridized carbons (Fsp3) is 0.357. The van der Waals surface area contributed by atoms with Crippen molar-refractivity contribution in [1.82, 2.24) is 14.9 Å². The van der Waals surface area contributed by atoms with E-state index in [1.807, 2.05) is 30.1 Å². The number of nitrogens with two attached hydrogens (primary N) is 1. The highest BCUT2D eigenvalue weighted by atomic mass is 35.5. The molecule has 0 spiro atoms. The first-order valence-corrected chi connectivity index (χ1v) is 12.8. The van der Waals surface area contributed by atoms with E-state index >= 15 is 0 Å². The molecule has 1 heterocycles. The Balaban J connectivity index is 1.83. The molecule has 0 aliphatic heterocycles. The average molecular weight is 524 g/mol. The summed E-state index contributed by atoms with van der Waals surface area (Å²) in [6.07, 6.45) is 5.55. The van der Waals surface area contributed by atoms with Gasteiger partial charge in [-0.3, -0.25) is 9.59 Å². The van der Waals surface area contributed by atoms with E-state index in [0.29, 0.717) is 41.7 Å². The highest BCUT2D eigenvalue weighted by molar-refractivity contribution is 6.30. The fourth-order valence-electron chi connectivity index (χ4n) is 3.96. The maximum Gasteiger partial charge on any atom is 0.323 e. The zero-order valence-corrected chi connectivity index (χ0v) is 21.9. The molecule has 0 fully saturated rings. The number of hydrogen-bond acceptors (Lipinski definition) is 6. The third kappa shape index (κ3) is 8.84. The Morgan fingerprint density at radius 2 is 1.70 bits per heavy atom. The Morgan fingerprint density at radius 1 is 0.973 bits per heavy atom. The van der Waals surface area contributed by atoms with Gasteiger partial charge in [0.15, 0.2) is 0 Å². The van der Waals surface area contributed by atoms with Crippen molar-refractivity contribution in [3.63, 3.8) is 0 Å². The number of carbonyl (C=O) groups excluding carboxylic acids is 1. The molecule has 0 atom stereocenters. The summed E-state index contributed by atoms with van der Waals surface area (Å²) in [5, 5.41) is 10.0. The molecule has 0 aliphatic rings. The topological polar surface area (TPSA) is 113 Å². The quantitative estimate of drug-likeness (QED) is 0.304. The average Bonchev–Trinajstić information content (AvgIpc) is 2.90. The number of aryl methyl sites for hydroxylation is 1. The van der Waals surface area contributed by atoms with E-state index in [1.165, 1.54) is 16.7 Å². The van der Waals surface area contributed by atoms with E-state index in [4.69, 9.17) is 22.3 Å². The largest absolute Gasteiger partial charge is 0.480 e. The Kier molecular flexibility index (Phi) is 10.9. The molecule has 3 N–H and O–H groups in total. The van der Waals surface area contributed by atoms with Crippen LogP contribution in [0.3, 0.4) is 0 Å². The van der Waals surface area contributed by atoms with Crippen LogP contribution >= 0.6 is 11.6 Å². The van der Waals surface area contributed by atoms with E-state index in [2.05, 4.69) is 17.1 Å². The maximum absolute atomic E-state index is 13.6. The van der Waals surface area contributed by atoms with Crippen molar-refractivity contribution < 1.29 is 14.7 Å². The summed E-state index contributed by atoms with van der Waals surface area (Å²) in [5.41, 5.74) is 8.58. The van der Waals surface area contributed by atoms with Gasteiger partial charge in [0.25, 0.3) is 5.91 Å². The third-order valence-electron chi connectivity index (χ3n) is 6.02. The minimum Gasteiger partial charge on any atom is -0.480 e. The molecule has 8 nitrogen and oxygen atoms in total. The van der Waals surface area contributed by atoms with Crippen molar-refractivity contribution in [1.29, 1.82) is 0 Å². The van der Waals surface area contributed by atoms with Gasteiger partial charge in [-0.15, -0.1) is 0 Å². The van der Waals surface area contributed by atoms with Gasteiger partial charge < -0.3 is 20.6 Å². The van der Waals surface area contributed by atoms with E-state index in [-0.39, 0.29) is 6.54 Å². The Hall–Kier alpha value is -3.49. The zero-order valence-electron chi connectivity index (χ0n) is 21.1. The Bertz CT molecular complexity index is 1160. The summed E-state index contributed by atoms with van der Waals surface area (Å²) < 4.78 is 0. The van der Waals surface area contributed by atoms with E-state index in [1.54, 1.807) is 24.3 Å². The van der Waals surface area contributed by atoms with Gasteiger partial charge >= 0.3 is 5.97 Å². The number of carboxylic acids is 1. The van der Waals surface area contributed by atoms with Gasteiger partial charge in [-0.1, -0.05) is 60.5 Å². The molecule has 0 aliphatic carbocycles. The van der Waals surface area contributed by atoms with Gasteiger partial charge in [0.2, 0.25) is 5.95 Å². The van der Waals surface area contributed by atoms with Crippen LogP contribution in [-0.2, 0) is 24.2 Å². The lowest BCUT2D eigenvalue weighted by Crippen LogP contribution is -2.36. The van der Waals surface area contributed by atoms with Crippen LogP contribution in [-0.4, -0.2) is 58.5 Å². The molecule has 0 bridgehead atoms. The van der Waals surface area contributed by atoms with Crippen molar-refractivity contribution in [3.8, 4) is 0 Å². The van der Waals surface area contributed by atoms with Crippen molar-refractivity contribution >= 4 is 29.4 Å². The number of halogens is 1. The number of anilines is 1. The van der Waals surface area contributed by atoms with Crippen molar-refractivity contribution in [2.45, 2.75) is 38.6 Å². The number of unbranched alkanes of at least 4 members (excludes halogenated alkanes) is 2. The smallest absolute Gasteiger partial charge is 0.323 e. The van der Waals surface area contributed by atoms with Gasteiger partial charge in [0.1, 0.15) is 6.54 Å². The second kappa shape index (κ2) is 14.3. The number of aliphatic carboxylic acids is 1. The number of benzene rings is 2. The Morgan fingerprint density at radius 3 is 2.38 bits per heavy atom. The number of amides is 1. The molecule has 3 aromatic rings. The molecule has 0 radical (unpaired) electrons. The zero-order chi connectivity index (χ0) is 26.6. The van der Waals surface area contributed by atoms with Gasteiger partial charge in [-0.2, -0.15) is 0 Å². The van der Waals surface area contributed by atoms with E-state index < -0.39 is 18.4 Å². The fourth-order valence-corrected chi connectivity index (χ4v) is 4.08. The number of carboxylic acid groups (broad SMARTS) is 1. The SMILES string of the molecule is CN(CCc1ccccc1)c1ncc(C(=O)N(CC(=O)O)Cc2ccc(Cl)cc2)c(CCCCCN)n1. The lowest BCUT2D eigenvalue weighted by atomic mass is 10.1. The van der Waals surface area contributed by atoms with Crippen LogP contribution in [0.1, 0.15) is 46.4 Å². The van der Waals surface area contributed by atoms with Crippen LogP contribution in [0.2, 0.25) is 5.02 Å². The highest BCUT2D eigenvalue weighted by Crippen LogP contribution is 2.19. The summed E-state index contributed by atoms with van der Waals surface area (Å²) in [4.78, 5) is 37.7. The molecule has 196 valence electrons. The Labute approximate surface area is 223 Å². The van der Waals surface area contributed by atoms with E-state index in [0.717, 1.165) is 31.2 Å². The predicted molar refractivity (Wildman–Crippen MR) is 146 cm³/mol. The lowest BCUT2D eigenvalue weighted by Gasteiger charge is -2.23. The third-order valence-corrected chi connectivity index (χ3v) is 6.28. The molecule has 1 aromatic heterocycles. The summed E-state index contributed by atoms with van der Waals surface area (Å²) in [6.45, 7) is 1.02. The molecule has 0 saturated heterocycles. The number of likely N-dealkylation sites (N-methyl/N-ethyl adjacent to an activating group) is 1. The number of carbonyl (C=O) groups is 2. The van der Waals surface area contributed by atoms with Crippen LogP contribution in [0.25, 0.3) is 0 Å². The monoisotopic (exact) mass is 523 g/mol. The van der Waals surface area contributed by atoms with Crippen LogP contribution < -0.4 is 10.6 Å². The maximum atomic E-state index is 13.6. The minimum atomic E-state index is -1.09. The molecule has 0 unspecified atom stereocenters. The normalized spacial score (nSPS) is 10.8. The molecule has 9 heteroatoms. The summed E-state index contributed by atoms with van der Waals surface area (Å²) in [7, 11) is 1.93. The molecule has 1 amide bonds. The summed E-state index contributed by atoms with van der Waals surface area (Å²) >= 11 is 5.98. The molecule has 0 saturated carbocycles. The van der Waals surface area contributed by atoms with Crippen LogP contribution in [0.4, 0.5) is 5.95 Å². The first-order chi connectivity index (χ1) is 17.9. The van der Waals surface area contributed by atoms with Gasteiger partial charge in [0, 0.05) is 31.4 Å². The van der Waals surface area contributed by atoms with Crippen LogP contribution in [0.5, 0.6) is 0 Å². The second-order valence-corrected chi connectivity index (χ2v) is 9.40. The van der Waals surface area contributed by atoms with Crippen LogP contribution in [0.15, 0.2) is 60.8 Å². The number of rotatable bonds is 14. The van der Waals surface area contributed by atoms with Crippen molar-refractivity contribution in [2.24, 2.45) is 5.73 Å². The van der Waals surface area contributed by atoms with Gasteiger partial charge in [-0.25, -0.2) is 9.97 Å². The predicted octanol–water partition coefficient (Wildman–Crippen LogP) is 4.21. The van der Waals surface area contributed by atoms with Gasteiger partial charge in [0.05, 0.1) is 11.3 Å². The van der Waals surface area contributed by atoms with E-state index in [9.17, 15) is 14.7 Å².